The van der Waals surface area contributed by atoms with E-state index < -0.39 is 10.0 Å². The van der Waals surface area contributed by atoms with Crippen LogP contribution in [0, 0.1) is 11.3 Å². The van der Waals surface area contributed by atoms with Gasteiger partial charge in [0.05, 0.1) is 4.90 Å². The van der Waals surface area contributed by atoms with Gasteiger partial charge in [-0.1, -0.05) is 18.9 Å². The van der Waals surface area contributed by atoms with Crippen molar-refractivity contribution < 1.29 is 13.2 Å². The summed E-state index contributed by atoms with van der Waals surface area (Å²) in [6.07, 6.45) is 8.74. The number of amides is 1. The number of sulfonamides is 1. The van der Waals surface area contributed by atoms with Gasteiger partial charge >= 0.3 is 0 Å². The Hall–Kier alpha value is -1.40. The van der Waals surface area contributed by atoms with Crippen molar-refractivity contribution in [3.8, 4) is 0 Å². The lowest BCUT2D eigenvalue weighted by molar-refractivity contribution is -0.134. The average Bonchev–Trinajstić information content (AvgIpc) is 3.06. The molecule has 27 heavy (non-hydrogen) atoms. The number of hydrogen-bond acceptors (Lipinski definition) is 3. The minimum absolute atomic E-state index is 0.220. The van der Waals surface area contributed by atoms with Crippen LogP contribution in [0.1, 0.15) is 56.1 Å². The number of benzene rings is 1. The van der Waals surface area contributed by atoms with E-state index in [2.05, 4.69) is 0 Å². The highest BCUT2D eigenvalue weighted by molar-refractivity contribution is 7.89. The smallest absolute Gasteiger partial charge is 0.243 e. The Kier molecular flexibility index (Phi) is 4.13. The molecule has 6 heteroatoms. The summed E-state index contributed by atoms with van der Waals surface area (Å²) in [5.74, 6) is 0.522. The minimum Gasteiger partial charge on any atom is -0.338 e. The summed E-state index contributed by atoms with van der Waals surface area (Å²) >= 11 is 0. The summed E-state index contributed by atoms with van der Waals surface area (Å²) < 4.78 is 27.3. The molecule has 2 aliphatic carbocycles. The van der Waals surface area contributed by atoms with Crippen molar-refractivity contribution in [1.29, 1.82) is 0 Å². The van der Waals surface area contributed by atoms with Gasteiger partial charge in [-0.25, -0.2) is 8.42 Å². The van der Waals surface area contributed by atoms with Gasteiger partial charge in [-0.05, 0) is 67.2 Å². The number of nitrogens with zero attached hydrogens (tertiary/aromatic N) is 2. The Bertz CT molecular complexity index is 867. The maximum atomic E-state index is 13.0. The van der Waals surface area contributed by atoms with E-state index >= 15 is 0 Å². The van der Waals surface area contributed by atoms with Crippen molar-refractivity contribution in [3.05, 3.63) is 29.3 Å². The lowest BCUT2D eigenvalue weighted by atomic mass is 9.97. The van der Waals surface area contributed by atoms with Gasteiger partial charge in [0.25, 0.3) is 0 Å². The van der Waals surface area contributed by atoms with Crippen LogP contribution in [-0.4, -0.2) is 43.2 Å². The second kappa shape index (κ2) is 6.31. The molecule has 2 saturated carbocycles. The first-order valence-corrected chi connectivity index (χ1v) is 11.8. The number of carbonyl (C=O) groups is 1. The molecule has 0 unspecified atom stereocenters. The first-order chi connectivity index (χ1) is 13.0. The largest absolute Gasteiger partial charge is 0.338 e. The van der Waals surface area contributed by atoms with Gasteiger partial charge in [0.15, 0.2) is 0 Å². The summed E-state index contributed by atoms with van der Waals surface area (Å²) in [6.45, 7) is 2.56. The van der Waals surface area contributed by atoms with Gasteiger partial charge in [-0.3, -0.25) is 4.79 Å². The van der Waals surface area contributed by atoms with E-state index in [1.165, 1.54) is 31.2 Å². The second-order valence-corrected chi connectivity index (χ2v) is 10.8. The molecule has 1 aromatic carbocycles. The molecule has 1 atom stereocenters. The summed E-state index contributed by atoms with van der Waals surface area (Å²) in [4.78, 5) is 15.4. The van der Waals surface area contributed by atoms with E-state index in [-0.39, 0.29) is 5.92 Å². The molecule has 5 nitrogen and oxygen atoms in total. The zero-order valence-electron chi connectivity index (χ0n) is 15.8. The Labute approximate surface area is 161 Å². The first-order valence-electron chi connectivity index (χ1n) is 10.4. The van der Waals surface area contributed by atoms with Crippen molar-refractivity contribution >= 4 is 15.9 Å². The van der Waals surface area contributed by atoms with Gasteiger partial charge in [-0.2, -0.15) is 4.31 Å². The van der Waals surface area contributed by atoms with E-state index in [4.69, 9.17) is 0 Å². The highest BCUT2D eigenvalue weighted by Gasteiger charge is 2.59. The van der Waals surface area contributed by atoms with Crippen molar-refractivity contribution in [2.75, 3.05) is 19.6 Å². The second-order valence-electron chi connectivity index (χ2n) is 8.88. The highest BCUT2D eigenvalue weighted by Crippen LogP contribution is 2.63. The van der Waals surface area contributed by atoms with E-state index in [1.807, 2.05) is 17.0 Å². The molecule has 5 rings (SSSR count). The third-order valence-electron chi connectivity index (χ3n) is 7.29. The molecule has 0 N–H and O–H groups in total. The topological polar surface area (TPSA) is 57.7 Å². The maximum absolute atomic E-state index is 13.0. The Morgan fingerprint density at radius 1 is 1.00 bits per heavy atom. The number of carbonyl (C=O) groups excluding carboxylic acids is 1. The molecule has 0 bridgehead atoms. The van der Waals surface area contributed by atoms with Gasteiger partial charge < -0.3 is 4.90 Å². The molecular weight excluding hydrogens is 360 g/mol. The molecule has 2 aliphatic heterocycles. The fraction of sp³-hybridized carbons (Fsp3) is 0.667. The summed E-state index contributed by atoms with van der Waals surface area (Å²) in [6, 6.07) is 5.52. The first kappa shape index (κ1) is 17.7. The van der Waals surface area contributed by atoms with Crippen LogP contribution in [0.5, 0.6) is 0 Å². The Balaban J connectivity index is 1.35. The molecule has 1 saturated heterocycles. The molecular formula is C21H28N2O3S. The third-order valence-corrected chi connectivity index (χ3v) is 9.19. The summed E-state index contributed by atoms with van der Waals surface area (Å²) in [5, 5.41) is 0. The van der Waals surface area contributed by atoms with Crippen LogP contribution >= 0.6 is 0 Å². The van der Waals surface area contributed by atoms with Crippen molar-refractivity contribution in [2.45, 2.75) is 62.8 Å². The lowest BCUT2D eigenvalue weighted by Crippen LogP contribution is -2.38. The zero-order valence-corrected chi connectivity index (χ0v) is 16.6. The molecule has 0 aromatic heterocycles. The monoisotopic (exact) mass is 388 g/mol. The van der Waals surface area contributed by atoms with E-state index in [1.54, 1.807) is 10.4 Å². The fourth-order valence-corrected chi connectivity index (χ4v) is 7.08. The van der Waals surface area contributed by atoms with Crippen LogP contribution in [0.3, 0.4) is 0 Å². The zero-order chi connectivity index (χ0) is 18.6. The third kappa shape index (κ3) is 2.92. The van der Waals surface area contributed by atoms with E-state index in [0.717, 1.165) is 37.8 Å². The SMILES string of the molecule is O=C([C@H]1CC12CCCC2)N1CCc2ccc(S(=O)(=O)N3CCCC3)cc2C1. The maximum Gasteiger partial charge on any atom is 0.243 e. The Morgan fingerprint density at radius 3 is 2.48 bits per heavy atom. The molecule has 2 heterocycles. The highest BCUT2D eigenvalue weighted by atomic mass is 32.2. The van der Waals surface area contributed by atoms with Crippen LogP contribution in [0.4, 0.5) is 0 Å². The normalized spacial score (nSPS) is 27.1. The predicted molar refractivity (Wildman–Crippen MR) is 103 cm³/mol. The number of rotatable bonds is 3. The van der Waals surface area contributed by atoms with Gasteiger partial charge in [0.1, 0.15) is 0 Å². The summed E-state index contributed by atoms with van der Waals surface area (Å²) in [7, 11) is -3.40. The van der Waals surface area contributed by atoms with Crippen LogP contribution < -0.4 is 0 Å². The summed E-state index contributed by atoms with van der Waals surface area (Å²) in [5.41, 5.74) is 2.51. The van der Waals surface area contributed by atoms with E-state index in [0.29, 0.717) is 35.9 Å². The molecule has 3 fully saturated rings. The van der Waals surface area contributed by atoms with E-state index in [9.17, 15) is 13.2 Å². The van der Waals surface area contributed by atoms with Gasteiger partial charge in [-0.15, -0.1) is 0 Å². The van der Waals surface area contributed by atoms with Crippen molar-refractivity contribution in [1.82, 2.24) is 9.21 Å². The molecule has 4 aliphatic rings. The van der Waals surface area contributed by atoms with Crippen molar-refractivity contribution in [3.63, 3.8) is 0 Å². The molecule has 1 aromatic rings. The van der Waals surface area contributed by atoms with Crippen LogP contribution in [0.2, 0.25) is 0 Å². The predicted octanol–water partition coefficient (Wildman–Crippen LogP) is 2.94. The quantitative estimate of drug-likeness (QED) is 0.800. The van der Waals surface area contributed by atoms with Crippen molar-refractivity contribution in [2.24, 2.45) is 11.3 Å². The fourth-order valence-electron chi connectivity index (χ4n) is 5.51. The molecule has 1 amide bonds. The standard InChI is InChI=1S/C21H28N2O3S/c24-20(19-14-21(19)8-1-2-9-21)22-12-7-16-5-6-18(13-17(16)15-22)27(25,26)23-10-3-4-11-23/h5-6,13,19H,1-4,7-12,14-15H2/t19-/m1/s1. The van der Waals surface area contributed by atoms with Gasteiger partial charge in [0, 0.05) is 32.1 Å². The molecule has 1 spiro atoms. The Morgan fingerprint density at radius 2 is 1.74 bits per heavy atom. The molecule has 146 valence electrons. The van der Waals surface area contributed by atoms with Crippen LogP contribution in [0.15, 0.2) is 23.1 Å². The number of fused-ring (bicyclic) bond motifs is 1. The average molecular weight is 389 g/mol. The van der Waals surface area contributed by atoms with Crippen LogP contribution in [-0.2, 0) is 27.8 Å². The minimum atomic E-state index is -3.40. The lowest BCUT2D eigenvalue weighted by Gasteiger charge is -2.30. The molecule has 0 radical (unpaired) electrons. The van der Waals surface area contributed by atoms with Crippen LogP contribution in [0.25, 0.3) is 0 Å². The van der Waals surface area contributed by atoms with Gasteiger partial charge in [0.2, 0.25) is 15.9 Å². The number of hydrogen-bond donors (Lipinski definition) is 0.